The van der Waals surface area contributed by atoms with Crippen molar-refractivity contribution in [3.8, 4) is 0 Å². The monoisotopic (exact) mass is 259 g/mol. The smallest absolute Gasteiger partial charge is 0.316 e. The average molecular weight is 259 g/mol. The van der Waals surface area contributed by atoms with E-state index in [4.69, 9.17) is 5.73 Å². The molecule has 0 aliphatic carbocycles. The lowest BCUT2D eigenvalue weighted by Crippen LogP contribution is -2.19. The summed E-state index contributed by atoms with van der Waals surface area (Å²) in [5, 5.41) is 10.0. The fraction of sp³-hybridized carbons (Fsp3) is 0.231. The van der Waals surface area contributed by atoms with Crippen molar-refractivity contribution in [2.75, 3.05) is 10.6 Å². The van der Waals surface area contributed by atoms with Crippen molar-refractivity contribution in [1.29, 1.82) is 0 Å². The third-order valence-electron chi connectivity index (χ3n) is 2.73. The Labute approximate surface area is 111 Å². The molecule has 0 spiro atoms. The maximum atomic E-state index is 10.7. The molecule has 1 heterocycles. The molecule has 2 aromatic rings. The van der Waals surface area contributed by atoms with E-state index in [2.05, 4.69) is 22.7 Å². The summed E-state index contributed by atoms with van der Waals surface area (Å²) >= 11 is 0. The molecular weight excluding hydrogens is 242 g/mol. The minimum atomic E-state index is -0.562. The van der Waals surface area contributed by atoms with Crippen LogP contribution >= 0.6 is 0 Å². The molecule has 100 valence electrons. The maximum absolute atomic E-state index is 10.7. The van der Waals surface area contributed by atoms with E-state index in [-0.39, 0.29) is 0 Å². The van der Waals surface area contributed by atoms with Gasteiger partial charge < -0.3 is 16.4 Å². The van der Waals surface area contributed by atoms with Crippen molar-refractivity contribution in [2.45, 2.75) is 20.0 Å². The van der Waals surface area contributed by atoms with E-state index in [9.17, 15) is 4.79 Å². The first kappa shape index (κ1) is 12.9. The van der Waals surface area contributed by atoms with E-state index in [1.807, 2.05) is 22.9 Å². The van der Waals surface area contributed by atoms with E-state index < -0.39 is 6.03 Å². The van der Waals surface area contributed by atoms with Crippen molar-refractivity contribution in [2.24, 2.45) is 5.73 Å². The van der Waals surface area contributed by atoms with E-state index in [0.717, 1.165) is 17.9 Å². The second kappa shape index (κ2) is 5.90. The summed E-state index contributed by atoms with van der Waals surface area (Å²) < 4.78 is 1.94. The number of urea groups is 1. The Kier molecular flexibility index (Phi) is 4.02. The van der Waals surface area contributed by atoms with Crippen LogP contribution in [0.2, 0.25) is 0 Å². The van der Waals surface area contributed by atoms with Crippen LogP contribution in [-0.4, -0.2) is 15.8 Å². The topological polar surface area (TPSA) is 85.0 Å². The van der Waals surface area contributed by atoms with Crippen molar-refractivity contribution in [3.63, 3.8) is 0 Å². The third-order valence-corrected chi connectivity index (χ3v) is 2.73. The number of primary amides is 1. The molecule has 0 saturated carbocycles. The van der Waals surface area contributed by atoms with Crippen molar-refractivity contribution in [1.82, 2.24) is 9.78 Å². The number of nitrogens with zero attached hydrogens (tertiary/aromatic N) is 2. The summed E-state index contributed by atoms with van der Waals surface area (Å²) in [6, 6.07) is 8.79. The largest absolute Gasteiger partial charge is 0.379 e. The van der Waals surface area contributed by atoms with Gasteiger partial charge in [0.1, 0.15) is 0 Å². The number of hydrogen-bond donors (Lipinski definition) is 3. The predicted octanol–water partition coefficient (Wildman–Crippen LogP) is 2.01. The molecule has 4 N–H and O–H groups in total. The van der Waals surface area contributed by atoms with Crippen LogP contribution in [0.25, 0.3) is 0 Å². The minimum Gasteiger partial charge on any atom is -0.379 e. The van der Waals surface area contributed by atoms with Crippen LogP contribution in [0.5, 0.6) is 0 Å². The average Bonchev–Trinajstić information content (AvgIpc) is 2.84. The second-order valence-corrected chi connectivity index (χ2v) is 4.06. The van der Waals surface area contributed by atoms with Crippen LogP contribution in [0.1, 0.15) is 12.6 Å². The SMILES string of the molecule is CCn1nccc1CNc1ccc(NC(N)=O)cc1. The Morgan fingerprint density at radius 2 is 1.95 bits per heavy atom. The lowest BCUT2D eigenvalue weighted by Gasteiger charge is -2.09. The number of nitrogens with two attached hydrogens (primary N) is 1. The zero-order valence-corrected chi connectivity index (χ0v) is 10.8. The summed E-state index contributed by atoms with van der Waals surface area (Å²) in [5.41, 5.74) is 7.82. The van der Waals surface area contributed by atoms with Gasteiger partial charge in [-0.2, -0.15) is 5.10 Å². The first-order valence-corrected chi connectivity index (χ1v) is 6.10. The number of aryl methyl sites for hydroxylation is 1. The fourth-order valence-corrected chi connectivity index (χ4v) is 1.80. The Morgan fingerprint density at radius 1 is 1.26 bits per heavy atom. The highest BCUT2D eigenvalue weighted by Gasteiger charge is 2.01. The van der Waals surface area contributed by atoms with Crippen LogP contribution < -0.4 is 16.4 Å². The second-order valence-electron chi connectivity index (χ2n) is 4.06. The van der Waals surface area contributed by atoms with Gasteiger partial charge in [-0.3, -0.25) is 4.68 Å². The molecule has 0 saturated heterocycles. The zero-order chi connectivity index (χ0) is 13.7. The molecule has 0 radical (unpaired) electrons. The molecule has 6 nitrogen and oxygen atoms in total. The molecule has 2 amide bonds. The van der Waals surface area contributed by atoms with E-state index in [1.54, 1.807) is 18.3 Å². The predicted molar refractivity (Wildman–Crippen MR) is 74.9 cm³/mol. The lowest BCUT2D eigenvalue weighted by molar-refractivity contribution is 0.259. The van der Waals surface area contributed by atoms with Crippen LogP contribution in [0, 0.1) is 0 Å². The van der Waals surface area contributed by atoms with Crippen molar-refractivity contribution >= 4 is 17.4 Å². The Hall–Kier alpha value is -2.50. The number of nitrogens with one attached hydrogen (secondary N) is 2. The molecular formula is C13H17N5O. The number of carbonyl (C=O) groups excluding carboxylic acids is 1. The standard InChI is InChI=1S/C13H17N5O/c1-2-18-12(7-8-16-18)9-15-10-3-5-11(6-4-10)17-13(14)19/h3-8,15H,2,9H2,1H3,(H3,14,17,19). The molecule has 0 atom stereocenters. The Bertz CT molecular complexity index is 546. The normalized spacial score (nSPS) is 10.2. The van der Waals surface area contributed by atoms with Gasteiger partial charge in [-0.25, -0.2) is 4.79 Å². The van der Waals surface area contributed by atoms with E-state index >= 15 is 0 Å². The summed E-state index contributed by atoms with van der Waals surface area (Å²) in [6.45, 7) is 3.61. The lowest BCUT2D eigenvalue weighted by atomic mass is 10.2. The number of benzene rings is 1. The number of anilines is 2. The van der Waals surface area contributed by atoms with Gasteiger partial charge in [0.05, 0.1) is 12.2 Å². The highest BCUT2D eigenvalue weighted by Crippen LogP contribution is 2.14. The molecule has 0 aliphatic heterocycles. The minimum absolute atomic E-state index is 0.562. The van der Waals surface area contributed by atoms with Crippen LogP contribution in [0.4, 0.5) is 16.2 Å². The molecule has 19 heavy (non-hydrogen) atoms. The molecule has 1 aromatic heterocycles. The van der Waals surface area contributed by atoms with Gasteiger partial charge in [0.2, 0.25) is 0 Å². The van der Waals surface area contributed by atoms with Gasteiger partial charge in [-0.1, -0.05) is 0 Å². The first-order valence-electron chi connectivity index (χ1n) is 6.10. The molecule has 0 unspecified atom stereocenters. The van der Waals surface area contributed by atoms with E-state index in [0.29, 0.717) is 12.2 Å². The summed E-state index contributed by atoms with van der Waals surface area (Å²) in [5.74, 6) is 0. The molecule has 2 rings (SSSR count). The van der Waals surface area contributed by atoms with Gasteiger partial charge >= 0.3 is 6.03 Å². The third kappa shape index (κ3) is 3.48. The van der Waals surface area contributed by atoms with Crippen molar-refractivity contribution < 1.29 is 4.79 Å². The number of amides is 2. The van der Waals surface area contributed by atoms with E-state index in [1.165, 1.54) is 0 Å². The number of aromatic nitrogens is 2. The molecule has 1 aromatic carbocycles. The molecule has 0 aliphatic rings. The quantitative estimate of drug-likeness (QED) is 0.767. The highest BCUT2D eigenvalue weighted by atomic mass is 16.2. The van der Waals surface area contributed by atoms with Crippen LogP contribution in [0.3, 0.4) is 0 Å². The Balaban J connectivity index is 1.94. The summed E-state index contributed by atoms with van der Waals surface area (Å²) in [6.07, 6.45) is 1.79. The number of hydrogen-bond acceptors (Lipinski definition) is 3. The van der Waals surface area contributed by atoms with Crippen LogP contribution in [0.15, 0.2) is 36.5 Å². The first-order chi connectivity index (χ1) is 9.19. The molecule has 0 fully saturated rings. The fourth-order valence-electron chi connectivity index (χ4n) is 1.80. The van der Waals surface area contributed by atoms with Crippen molar-refractivity contribution in [3.05, 3.63) is 42.2 Å². The van der Waals surface area contributed by atoms with Gasteiger partial charge in [0, 0.05) is 24.1 Å². The number of carbonyl (C=O) groups is 1. The summed E-state index contributed by atoms with van der Waals surface area (Å²) in [7, 11) is 0. The van der Waals surface area contributed by atoms with Gasteiger partial charge in [-0.15, -0.1) is 0 Å². The maximum Gasteiger partial charge on any atom is 0.316 e. The molecule has 0 bridgehead atoms. The van der Waals surface area contributed by atoms with Gasteiger partial charge in [0.15, 0.2) is 0 Å². The molecule has 6 heteroatoms. The summed E-state index contributed by atoms with van der Waals surface area (Å²) in [4.78, 5) is 10.7. The number of rotatable bonds is 5. The van der Waals surface area contributed by atoms with Gasteiger partial charge in [-0.05, 0) is 37.3 Å². The van der Waals surface area contributed by atoms with Gasteiger partial charge in [0.25, 0.3) is 0 Å². The Morgan fingerprint density at radius 3 is 2.58 bits per heavy atom. The van der Waals surface area contributed by atoms with Crippen LogP contribution in [-0.2, 0) is 13.1 Å². The zero-order valence-electron chi connectivity index (χ0n) is 10.8. The highest BCUT2D eigenvalue weighted by molar-refractivity contribution is 5.87.